The van der Waals surface area contributed by atoms with E-state index in [4.69, 9.17) is 9.84 Å². The number of carbonyl (C=O) groups is 2. The number of amides is 1. The molecular weight excluding hydrogens is 568 g/mol. The number of carboxylic acid groups (broad SMARTS) is 1. The van der Waals surface area contributed by atoms with Crippen LogP contribution >= 0.6 is 0 Å². The van der Waals surface area contributed by atoms with E-state index >= 15 is 0 Å². The molecule has 0 saturated carbocycles. The molecule has 0 aliphatic carbocycles. The van der Waals surface area contributed by atoms with E-state index < -0.39 is 29.1 Å². The van der Waals surface area contributed by atoms with E-state index in [0.29, 0.717) is 36.1 Å². The molecule has 1 aliphatic heterocycles. The highest BCUT2D eigenvalue weighted by molar-refractivity contribution is 5.70. The number of halogens is 4. The van der Waals surface area contributed by atoms with Crippen LogP contribution in [0, 0.1) is 5.82 Å². The highest BCUT2D eigenvalue weighted by Gasteiger charge is 2.35. The minimum Gasteiger partial charge on any atom is -0.481 e. The summed E-state index contributed by atoms with van der Waals surface area (Å²) >= 11 is 0. The standard InChI is InChI=1S/C31H34F4N4O4/c1-30(2,3)43-29(42)39-14-12-20(13-15-39)19-5-9-24(10-6-19)37-28-36-18-25(31(33,34)35)26(38-28)11-7-21-16-23(32)8-4-22(21)17-27(40)41/h4-6,8-10,16,18,20H,7,11-15,17H2,1-3H3,(H,40,41)(H,36,37,38). The SMILES string of the molecule is CC(C)(C)OC(=O)N1CCC(c2ccc(Nc3ncc(C(F)(F)F)c(CCc4cc(F)ccc4CC(=O)O)n3)cc2)CC1. The number of hydrogen-bond acceptors (Lipinski definition) is 6. The first-order chi connectivity index (χ1) is 20.2. The fourth-order valence-electron chi connectivity index (χ4n) is 5.01. The third kappa shape index (κ3) is 8.89. The van der Waals surface area contributed by atoms with Gasteiger partial charge in [-0.05, 0) is 93.3 Å². The molecule has 2 N–H and O–H groups in total. The fourth-order valence-corrected chi connectivity index (χ4v) is 5.01. The highest BCUT2D eigenvalue weighted by Crippen LogP contribution is 2.33. The average molecular weight is 603 g/mol. The molecular formula is C31H34F4N4O4. The molecule has 1 saturated heterocycles. The lowest BCUT2D eigenvalue weighted by Gasteiger charge is -2.33. The second kappa shape index (κ2) is 13.0. The van der Waals surface area contributed by atoms with Crippen molar-refractivity contribution in [3.63, 3.8) is 0 Å². The molecule has 0 bridgehead atoms. The Morgan fingerprint density at radius 1 is 1.02 bits per heavy atom. The van der Waals surface area contributed by atoms with E-state index in [2.05, 4.69) is 15.3 Å². The number of benzene rings is 2. The van der Waals surface area contributed by atoms with Gasteiger partial charge in [0.15, 0.2) is 0 Å². The maximum Gasteiger partial charge on any atom is 0.419 e. The molecule has 8 nitrogen and oxygen atoms in total. The van der Waals surface area contributed by atoms with E-state index in [1.54, 1.807) is 17.0 Å². The summed E-state index contributed by atoms with van der Waals surface area (Å²) < 4.78 is 60.5. The average Bonchev–Trinajstić information content (AvgIpc) is 2.92. The van der Waals surface area contributed by atoms with Crippen molar-refractivity contribution in [3.8, 4) is 0 Å². The van der Waals surface area contributed by atoms with Crippen molar-refractivity contribution in [1.82, 2.24) is 14.9 Å². The molecule has 2 aromatic carbocycles. The van der Waals surface area contributed by atoms with Gasteiger partial charge in [0.1, 0.15) is 11.4 Å². The first-order valence-electron chi connectivity index (χ1n) is 13.9. The number of aromatic nitrogens is 2. The summed E-state index contributed by atoms with van der Waals surface area (Å²) in [5.74, 6) is -1.53. The van der Waals surface area contributed by atoms with Crippen LogP contribution < -0.4 is 5.32 Å². The maximum atomic E-state index is 13.9. The summed E-state index contributed by atoms with van der Waals surface area (Å²) in [5.41, 5.74) is 0.430. The van der Waals surface area contributed by atoms with Crippen LogP contribution in [0.4, 0.5) is 34.0 Å². The van der Waals surface area contributed by atoms with Gasteiger partial charge in [0.2, 0.25) is 5.95 Å². The first-order valence-corrected chi connectivity index (χ1v) is 13.9. The van der Waals surface area contributed by atoms with E-state index in [9.17, 15) is 27.2 Å². The van der Waals surface area contributed by atoms with Crippen LogP contribution in [0.1, 0.15) is 67.5 Å². The molecule has 1 aliphatic rings. The molecule has 3 aromatic rings. The lowest BCUT2D eigenvalue weighted by Crippen LogP contribution is -2.41. The Hall–Kier alpha value is -4.22. The van der Waals surface area contributed by atoms with Crippen molar-refractivity contribution in [2.75, 3.05) is 18.4 Å². The third-order valence-electron chi connectivity index (χ3n) is 7.10. The number of aryl methyl sites for hydroxylation is 2. The summed E-state index contributed by atoms with van der Waals surface area (Å²) in [6.45, 7) is 6.65. The molecule has 1 amide bonds. The molecule has 230 valence electrons. The number of aliphatic carboxylic acids is 1. The first kappa shape index (κ1) is 31.7. The normalized spacial score (nSPS) is 14.4. The van der Waals surface area contributed by atoms with Gasteiger partial charge in [-0.1, -0.05) is 18.2 Å². The molecule has 2 heterocycles. The minimum absolute atomic E-state index is 0.0357. The molecule has 1 aromatic heterocycles. The number of hydrogen-bond donors (Lipinski definition) is 2. The number of nitrogens with zero attached hydrogens (tertiary/aromatic N) is 3. The number of anilines is 2. The molecule has 0 unspecified atom stereocenters. The molecule has 0 radical (unpaired) electrons. The van der Waals surface area contributed by atoms with E-state index in [1.165, 1.54) is 6.07 Å². The second-order valence-corrected chi connectivity index (χ2v) is 11.5. The summed E-state index contributed by atoms with van der Waals surface area (Å²) in [7, 11) is 0. The summed E-state index contributed by atoms with van der Waals surface area (Å²) in [5, 5.41) is 12.1. The Bertz CT molecular complexity index is 1450. The van der Waals surface area contributed by atoms with E-state index in [1.807, 2.05) is 32.9 Å². The Morgan fingerprint density at radius 2 is 1.70 bits per heavy atom. The quantitative estimate of drug-likeness (QED) is 0.270. The number of carboxylic acids is 1. The molecule has 43 heavy (non-hydrogen) atoms. The largest absolute Gasteiger partial charge is 0.481 e. The van der Waals surface area contributed by atoms with Gasteiger partial charge in [-0.25, -0.2) is 19.2 Å². The van der Waals surface area contributed by atoms with Crippen LogP contribution in [0.3, 0.4) is 0 Å². The summed E-state index contributed by atoms with van der Waals surface area (Å²) in [4.78, 5) is 33.2. The predicted molar refractivity (Wildman–Crippen MR) is 152 cm³/mol. The van der Waals surface area contributed by atoms with Crippen molar-refractivity contribution in [1.29, 1.82) is 0 Å². The van der Waals surface area contributed by atoms with Gasteiger partial charge in [0.25, 0.3) is 0 Å². The summed E-state index contributed by atoms with van der Waals surface area (Å²) in [6, 6.07) is 11.0. The smallest absolute Gasteiger partial charge is 0.419 e. The van der Waals surface area contributed by atoms with Gasteiger partial charge < -0.3 is 20.1 Å². The van der Waals surface area contributed by atoms with Crippen molar-refractivity contribution in [3.05, 3.63) is 82.4 Å². The third-order valence-corrected chi connectivity index (χ3v) is 7.10. The van der Waals surface area contributed by atoms with E-state index in [-0.39, 0.29) is 42.9 Å². The summed E-state index contributed by atoms with van der Waals surface area (Å²) in [6.07, 6.45) is -3.39. The second-order valence-electron chi connectivity index (χ2n) is 11.5. The van der Waals surface area contributed by atoms with Crippen LogP contribution in [0.5, 0.6) is 0 Å². The van der Waals surface area contributed by atoms with Gasteiger partial charge in [0, 0.05) is 25.0 Å². The fraction of sp³-hybridized carbons (Fsp3) is 0.419. The minimum atomic E-state index is -4.71. The van der Waals surface area contributed by atoms with Crippen molar-refractivity contribution < 1.29 is 37.0 Å². The Balaban J connectivity index is 1.44. The predicted octanol–water partition coefficient (Wildman–Crippen LogP) is 6.90. The number of carbonyl (C=O) groups excluding carboxylic acids is 1. The lowest BCUT2D eigenvalue weighted by molar-refractivity contribution is -0.139. The van der Waals surface area contributed by atoms with Crippen LogP contribution in [0.2, 0.25) is 0 Å². The zero-order valence-corrected chi connectivity index (χ0v) is 24.2. The number of ether oxygens (including phenoxy) is 1. The van der Waals surface area contributed by atoms with Gasteiger partial charge in [-0.3, -0.25) is 4.79 Å². The van der Waals surface area contributed by atoms with Crippen LogP contribution in [-0.2, 0) is 35.0 Å². The monoisotopic (exact) mass is 602 g/mol. The lowest BCUT2D eigenvalue weighted by atomic mass is 9.89. The number of alkyl halides is 3. The van der Waals surface area contributed by atoms with Crippen molar-refractivity contribution >= 4 is 23.7 Å². The Morgan fingerprint density at radius 3 is 2.30 bits per heavy atom. The van der Waals surface area contributed by atoms with Gasteiger partial charge in [0.05, 0.1) is 17.7 Å². The van der Waals surface area contributed by atoms with Gasteiger partial charge in [-0.15, -0.1) is 0 Å². The van der Waals surface area contributed by atoms with Crippen LogP contribution in [0.15, 0.2) is 48.7 Å². The highest BCUT2D eigenvalue weighted by atomic mass is 19.4. The number of nitrogens with one attached hydrogen (secondary N) is 1. The van der Waals surface area contributed by atoms with Crippen LogP contribution in [0.25, 0.3) is 0 Å². The zero-order valence-electron chi connectivity index (χ0n) is 24.2. The Kier molecular flexibility index (Phi) is 9.56. The van der Waals surface area contributed by atoms with E-state index in [0.717, 1.165) is 30.5 Å². The number of piperidine rings is 1. The molecule has 12 heteroatoms. The topological polar surface area (TPSA) is 105 Å². The number of likely N-dealkylation sites (tertiary alicyclic amines) is 1. The molecule has 0 spiro atoms. The van der Waals surface area contributed by atoms with Gasteiger partial charge in [-0.2, -0.15) is 13.2 Å². The van der Waals surface area contributed by atoms with Crippen LogP contribution in [-0.4, -0.2) is 50.7 Å². The number of rotatable bonds is 8. The van der Waals surface area contributed by atoms with Crippen molar-refractivity contribution in [2.24, 2.45) is 0 Å². The van der Waals surface area contributed by atoms with Crippen molar-refractivity contribution in [2.45, 2.75) is 70.6 Å². The Labute approximate surface area is 247 Å². The molecule has 1 fully saturated rings. The molecule has 4 rings (SSSR count). The van der Waals surface area contributed by atoms with Gasteiger partial charge >= 0.3 is 18.2 Å². The molecule has 0 atom stereocenters. The maximum absolute atomic E-state index is 13.9. The zero-order chi connectivity index (χ0) is 31.4.